The minimum atomic E-state index is -0.350. The Bertz CT molecular complexity index is 839. The average Bonchev–Trinajstić information content (AvgIpc) is 3.15. The van der Waals surface area contributed by atoms with E-state index in [9.17, 15) is 14.0 Å². The molecule has 0 aromatic heterocycles. The van der Waals surface area contributed by atoms with Gasteiger partial charge in [-0.05, 0) is 49.9 Å². The van der Waals surface area contributed by atoms with E-state index in [1.165, 1.54) is 36.0 Å². The maximum Gasteiger partial charge on any atom is 0.234 e. The number of fused-ring (bicyclic) bond motifs is 3. The van der Waals surface area contributed by atoms with Crippen LogP contribution in [0.5, 0.6) is 0 Å². The van der Waals surface area contributed by atoms with Gasteiger partial charge in [0.25, 0.3) is 0 Å². The van der Waals surface area contributed by atoms with Gasteiger partial charge >= 0.3 is 0 Å². The number of amidine groups is 1. The molecule has 2 aliphatic heterocycles. The van der Waals surface area contributed by atoms with Crippen LogP contribution in [-0.2, 0) is 9.59 Å². The molecule has 162 valence electrons. The molecular weight excluding hydrogens is 429 g/mol. The number of nitrogens with one attached hydrogen (secondary N) is 2. The highest BCUT2D eigenvalue weighted by atomic mass is 35.5. The van der Waals surface area contributed by atoms with Crippen molar-refractivity contribution in [3.8, 4) is 0 Å². The Kier molecular flexibility index (Phi) is 6.38. The lowest BCUT2D eigenvalue weighted by Crippen LogP contribution is -2.67. The molecule has 3 aliphatic rings. The summed E-state index contributed by atoms with van der Waals surface area (Å²) in [5.41, 5.74) is 3.64. The number of nitrogens with zero attached hydrogens (tertiary/aromatic N) is 3. The second kappa shape index (κ2) is 9.01. The third-order valence-corrected chi connectivity index (χ3v) is 7.05. The topological polar surface area (TPSA) is 77.0 Å². The number of rotatable bonds is 5. The minimum Gasteiger partial charge on any atom is -0.325 e. The van der Waals surface area contributed by atoms with Gasteiger partial charge in [-0.2, -0.15) is 5.10 Å². The van der Waals surface area contributed by atoms with Crippen LogP contribution in [0.4, 0.5) is 10.1 Å². The second-order valence-corrected chi connectivity index (χ2v) is 9.32. The standard InChI is InChI=1S/C20H25ClFN5O2S/c1-2-9-26-18(29)15-10-12(21)3-8-16(15)27-19(26)24-25-20(27)30-11-17(28)23-14-6-4-13(22)5-7-14/h4-7,12,15-16,19,24H,2-3,8-11H2,1H3,(H,23,28). The van der Waals surface area contributed by atoms with Crippen LogP contribution in [0.1, 0.15) is 32.6 Å². The SMILES string of the molecule is CCCN1C(=O)C2CC(Cl)CCC2N2C(SCC(=O)Nc3ccc(F)cc3)=NNC12. The Balaban J connectivity index is 1.43. The van der Waals surface area contributed by atoms with E-state index >= 15 is 0 Å². The van der Waals surface area contributed by atoms with Crippen LogP contribution >= 0.6 is 23.4 Å². The maximum absolute atomic E-state index is 13.1. The van der Waals surface area contributed by atoms with Crippen LogP contribution in [0, 0.1) is 11.7 Å². The van der Waals surface area contributed by atoms with Gasteiger partial charge in [0.2, 0.25) is 11.8 Å². The molecule has 2 heterocycles. The quantitative estimate of drug-likeness (QED) is 0.670. The summed E-state index contributed by atoms with van der Waals surface area (Å²) in [7, 11) is 0. The van der Waals surface area contributed by atoms with Gasteiger partial charge in [0.1, 0.15) is 5.82 Å². The Labute approximate surface area is 184 Å². The zero-order valence-electron chi connectivity index (χ0n) is 16.7. The van der Waals surface area contributed by atoms with E-state index in [2.05, 4.69) is 20.7 Å². The molecule has 1 aromatic rings. The van der Waals surface area contributed by atoms with Crippen LogP contribution in [0.25, 0.3) is 0 Å². The molecular formula is C20H25ClFN5O2S. The van der Waals surface area contributed by atoms with Crippen molar-refractivity contribution >= 4 is 46.0 Å². The molecule has 2 N–H and O–H groups in total. The van der Waals surface area contributed by atoms with Crippen molar-refractivity contribution in [1.29, 1.82) is 0 Å². The molecule has 30 heavy (non-hydrogen) atoms. The number of hydrogen-bond acceptors (Lipinski definition) is 6. The number of alkyl halides is 1. The van der Waals surface area contributed by atoms with E-state index < -0.39 is 0 Å². The van der Waals surface area contributed by atoms with E-state index in [-0.39, 0.29) is 47.0 Å². The molecule has 2 fully saturated rings. The van der Waals surface area contributed by atoms with Gasteiger partial charge in [0.05, 0.1) is 11.7 Å². The summed E-state index contributed by atoms with van der Waals surface area (Å²) in [4.78, 5) is 29.4. The molecule has 1 aromatic carbocycles. The highest BCUT2D eigenvalue weighted by Crippen LogP contribution is 2.40. The Morgan fingerprint density at radius 2 is 2.13 bits per heavy atom. The fourth-order valence-electron chi connectivity index (χ4n) is 4.36. The van der Waals surface area contributed by atoms with Gasteiger partial charge in [-0.25, -0.2) is 4.39 Å². The van der Waals surface area contributed by atoms with E-state index in [0.29, 0.717) is 23.8 Å². The summed E-state index contributed by atoms with van der Waals surface area (Å²) in [6, 6.07) is 5.69. The highest BCUT2D eigenvalue weighted by molar-refractivity contribution is 8.14. The molecule has 0 radical (unpaired) electrons. The molecule has 1 aliphatic carbocycles. The van der Waals surface area contributed by atoms with Crippen LogP contribution in [0.15, 0.2) is 29.4 Å². The predicted octanol–water partition coefficient (Wildman–Crippen LogP) is 2.99. The number of hydrogen-bond donors (Lipinski definition) is 2. The summed E-state index contributed by atoms with van der Waals surface area (Å²) in [6.07, 6.45) is 2.88. The van der Waals surface area contributed by atoms with Crippen molar-refractivity contribution in [2.24, 2.45) is 11.0 Å². The first-order chi connectivity index (χ1) is 14.5. The number of hydrazone groups is 1. The van der Waals surface area contributed by atoms with Crippen molar-refractivity contribution < 1.29 is 14.0 Å². The molecule has 4 atom stereocenters. The maximum atomic E-state index is 13.1. The van der Waals surface area contributed by atoms with Crippen molar-refractivity contribution in [2.45, 2.75) is 50.3 Å². The minimum absolute atomic E-state index is 0.0142. The van der Waals surface area contributed by atoms with Crippen LogP contribution in [0.2, 0.25) is 0 Å². The first kappa shape index (κ1) is 21.2. The third-order valence-electron chi connectivity index (χ3n) is 5.69. The van der Waals surface area contributed by atoms with Crippen molar-refractivity contribution in [3.05, 3.63) is 30.1 Å². The summed E-state index contributed by atoms with van der Waals surface area (Å²) in [6.45, 7) is 2.68. The monoisotopic (exact) mass is 453 g/mol. The zero-order chi connectivity index (χ0) is 21.3. The zero-order valence-corrected chi connectivity index (χ0v) is 18.3. The second-order valence-electron chi connectivity index (χ2n) is 7.76. The van der Waals surface area contributed by atoms with Crippen molar-refractivity contribution in [3.63, 3.8) is 0 Å². The number of halogens is 2. The molecule has 4 rings (SSSR count). The van der Waals surface area contributed by atoms with Crippen LogP contribution in [0.3, 0.4) is 0 Å². The molecule has 0 spiro atoms. The number of anilines is 1. The van der Waals surface area contributed by atoms with Gasteiger partial charge in [-0.1, -0.05) is 18.7 Å². The normalized spacial score (nSPS) is 27.8. The van der Waals surface area contributed by atoms with E-state index in [4.69, 9.17) is 11.6 Å². The predicted molar refractivity (Wildman–Crippen MR) is 116 cm³/mol. The summed E-state index contributed by atoms with van der Waals surface area (Å²) < 4.78 is 13.0. The lowest BCUT2D eigenvalue weighted by molar-refractivity contribution is -0.155. The number of thioether (sulfide) groups is 1. The van der Waals surface area contributed by atoms with Crippen molar-refractivity contribution in [1.82, 2.24) is 15.2 Å². The highest BCUT2D eigenvalue weighted by Gasteiger charge is 2.51. The van der Waals surface area contributed by atoms with Crippen LogP contribution in [-0.4, -0.2) is 56.8 Å². The molecule has 10 heteroatoms. The molecule has 1 saturated carbocycles. The third kappa shape index (κ3) is 4.23. The lowest BCUT2D eigenvalue weighted by Gasteiger charge is -2.51. The van der Waals surface area contributed by atoms with Gasteiger partial charge in [0, 0.05) is 23.7 Å². The molecule has 2 amide bonds. The Morgan fingerprint density at radius 1 is 1.37 bits per heavy atom. The summed E-state index contributed by atoms with van der Waals surface area (Å²) in [5, 5.41) is 7.94. The van der Waals surface area contributed by atoms with E-state index in [1.807, 2.05) is 11.8 Å². The molecule has 4 unspecified atom stereocenters. The van der Waals surface area contributed by atoms with E-state index in [0.717, 1.165) is 19.3 Å². The largest absolute Gasteiger partial charge is 0.325 e. The molecule has 1 saturated heterocycles. The lowest BCUT2D eigenvalue weighted by atomic mass is 9.81. The number of amides is 2. The molecule has 7 nitrogen and oxygen atoms in total. The summed E-state index contributed by atoms with van der Waals surface area (Å²) >= 11 is 7.71. The van der Waals surface area contributed by atoms with Crippen molar-refractivity contribution in [2.75, 3.05) is 17.6 Å². The smallest absolute Gasteiger partial charge is 0.234 e. The van der Waals surface area contributed by atoms with Gasteiger partial charge < -0.3 is 15.1 Å². The first-order valence-corrected chi connectivity index (χ1v) is 11.6. The fraction of sp³-hybridized carbons (Fsp3) is 0.550. The summed E-state index contributed by atoms with van der Waals surface area (Å²) in [5.74, 6) is -0.396. The van der Waals surface area contributed by atoms with Gasteiger partial charge in [-0.3, -0.25) is 15.0 Å². The number of benzene rings is 1. The van der Waals surface area contributed by atoms with E-state index in [1.54, 1.807) is 0 Å². The number of carbonyl (C=O) groups excluding carboxylic acids is 2. The molecule has 0 bridgehead atoms. The average molecular weight is 454 g/mol. The van der Waals surface area contributed by atoms with Crippen LogP contribution < -0.4 is 10.7 Å². The first-order valence-electron chi connectivity index (χ1n) is 10.2. The number of carbonyl (C=O) groups is 2. The van der Waals surface area contributed by atoms with Gasteiger partial charge in [0.15, 0.2) is 11.5 Å². The van der Waals surface area contributed by atoms with Gasteiger partial charge in [-0.15, -0.1) is 11.6 Å². The fourth-order valence-corrected chi connectivity index (χ4v) is 5.51. The Hall–Kier alpha value is -2.00. The Morgan fingerprint density at radius 3 is 2.87 bits per heavy atom.